The SMILES string of the molecule is CC[C@H]1CN(Cc2ccccc2)C[C@H]1C(=O)N1C(=O)OC[C@@H]1Cc1ccccc1. The van der Waals surface area contributed by atoms with Gasteiger partial charge in [-0.05, 0) is 23.5 Å². The van der Waals surface area contributed by atoms with E-state index in [2.05, 4.69) is 24.0 Å². The minimum atomic E-state index is -0.493. The molecular weight excluding hydrogens is 364 g/mol. The number of imide groups is 1. The van der Waals surface area contributed by atoms with Crippen LogP contribution < -0.4 is 0 Å². The second kappa shape index (κ2) is 8.78. The average Bonchev–Trinajstić information content (AvgIpc) is 3.32. The van der Waals surface area contributed by atoms with Gasteiger partial charge in [0.05, 0.1) is 12.0 Å². The van der Waals surface area contributed by atoms with Gasteiger partial charge in [-0.25, -0.2) is 9.69 Å². The Kier molecular flexibility index (Phi) is 5.95. The number of cyclic esters (lactones) is 1. The normalized spacial score (nSPS) is 24.7. The Morgan fingerprint density at radius 2 is 1.66 bits per heavy atom. The second-order valence-electron chi connectivity index (χ2n) is 8.08. The zero-order valence-corrected chi connectivity index (χ0v) is 16.9. The maximum Gasteiger partial charge on any atom is 0.416 e. The largest absolute Gasteiger partial charge is 0.447 e. The minimum Gasteiger partial charge on any atom is -0.447 e. The van der Waals surface area contributed by atoms with Crippen LogP contribution in [0.4, 0.5) is 4.79 Å². The Morgan fingerprint density at radius 1 is 1.00 bits per heavy atom. The van der Waals surface area contributed by atoms with Gasteiger partial charge in [0.2, 0.25) is 5.91 Å². The van der Waals surface area contributed by atoms with Gasteiger partial charge in [0, 0.05) is 19.6 Å². The summed E-state index contributed by atoms with van der Waals surface area (Å²) in [5.74, 6) is 0.0282. The Hall–Kier alpha value is -2.66. The Morgan fingerprint density at radius 3 is 2.31 bits per heavy atom. The van der Waals surface area contributed by atoms with E-state index in [-0.39, 0.29) is 30.4 Å². The van der Waals surface area contributed by atoms with E-state index in [0.717, 1.165) is 25.1 Å². The fourth-order valence-corrected chi connectivity index (χ4v) is 4.57. The second-order valence-corrected chi connectivity index (χ2v) is 8.08. The molecule has 0 radical (unpaired) electrons. The van der Waals surface area contributed by atoms with Gasteiger partial charge in [0.15, 0.2) is 0 Å². The van der Waals surface area contributed by atoms with Crippen LogP contribution in [0.5, 0.6) is 0 Å². The molecule has 0 aromatic heterocycles. The smallest absolute Gasteiger partial charge is 0.416 e. The number of likely N-dealkylation sites (tertiary alicyclic amines) is 1. The molecular formula is C24H28N2O3. The summed E-state index contributed by atoms with van der Waals surface area (Å²) >= 11 is 0. The predicted octanol–water partition coefficient (Wildman–Crippen LogP) is 3.73. The number of benzene rings is 2. The highest BCUT2D eigenvalue weighted by atomic mass is 16.6. The number of amides is 2. The topological polar surface area (TPSA) is 49.9 Å². The molecule has 0 unspecified atom stereocenters. The summed E-state index contributed by atoms with van der Waals surface area (Å²) in [5, 5.41) is 0. The van der Waals surface area contributed by atoms with Crippen molar-refractivity contribution in [2.24, 2.45) is 11.8 Å². The van der Waals surface area contributed by atoms with Crippen LogP contribution in [0.1, 0.15) is 24.5 Å². The summed E-state index contributed by atoms with van der Waals surface area (Å²) in [7, 11) is 0. The van der Waals surface area contributed by atoms with Gasteiger partial charge in [-0.3, -0.25) is 9.69 Å². The zero-order chi connectivity index (χ0) is 20.2. The van der Waals surface area contributed by atoms with Crippen LogP contribution >= 0.6 is 0 Å². The molecule has 0 bridgehead atoms. The number of hydrogen-bond acceptors (Lipinski definition) is 4. The Labute approximate surface area is 172 Å². The van der Waals surface area contributed by atoms with E-state index in [0.29, 0.717) is 13.0 Å². The Balaban J connectivity index is 1.46. The van der Waals surface area contributed by atoms with Crippen molar-refractivity contribution in [3.63, 3.8) is 0 Å². The third kappa shape index (κ3) is 4.35. The van der Waals surface area contributed by atoms with Gasteiger partial charge in [-0.1, -0.05) is 74.0 Å². The van der Waals surface area contributed by atoms with E-state index in [4.69, 9.17) is 4.74 Å². The third-order valence-electron chi connectivity index (χ3n) is 6.12. The number of ether oxygens (including phenoxy) is 1. The Bertz CT molecular complexity index is 840. The molecule has 152 valence electrons. The summed E-state index contributed by atoms with van der Waals surface area (Å²) in [4.78, 5) is 29.6. The first-order valence-corrected chi connectivity index (χ1v) is 10.5. The lowest BCUT2D eigenvalue weighted by Crippen LogP contribution is -2.45. The van der Waals surface area contributed by atoms with E-state index in [1.165, 1.54) is 10.5 Å². The summed E-state index contributed by atoms with van der Waals surface area (Å²) in [6.45, 7) is 4.80. The molecule has 2 amide bonds. The lowest BCUT2D eigenvalue weighted by Gasteiger charge is -2.25. The summed E-state index contributed by atoms with van der Waals surface area (Å²) in [6.07, 6.45) is 1.07. The molecule has 29 heavy (non-hydrogen) atoms. The molecule has 5 heteroatoms. The van der Waals surface area contributed by atoms with Crippen molar-refractivity contribution in [2.45, 2.75) is 32.4 Å². The molecule has 5 nitrogen and oxygen atoms in total. The minimum absolute atomic E-state index is 0.0733. The van der Waals surface area contributed by atoms with Crippen LogP contribution in [0, 0.1) is 11.8 Å². The monoisotopic (exact) mass is 392 g/mol. The summed E-state index contributed by atoms with van der Waals surface area (Å²) in [5.41, 5.74) is 2.36. The molecule has 3 atom stereocenters. The highest BCUT2D eigenvalue weighted by Gasteiger charge is 2.45. The lowest BCUT2D eigenvalue weighted by atomic mass is 9.92. The first-order valence-electron chi connectivity index (χ1n) is 10.5. The van der Waals surface area contributed by atoms with Gasteiger partial charge in [-0.15, -0.1) is 0 Å². The van der Waals surface area contributed by atoms with Gasteiger partial charge < -0.3 is 4.74 Å². The van der Waals surface area contributed by atoms with E-state index < -0.39 is 6.09 Å². The quantitative estimate of drug-likeness (QED) is 0.752. The molecule has 0 spiro atoms. The molecule has 4 rings (SSSR count). The van der Waals surface area contributed by atoms with Gasteiger partial charge in [0.1, 0.15) is 6.61 Å². The molecule has 0 N–H and O–H groups in total. The van der Waals surface area contributed by atoms with E-state index in [1.54, 1.807) is 0 Å². The van der Waals surface area contributed by atoms with Gasteiger partial charge >= 0.3 is 6.09 Å². The summed E-state index contributed by atoms with van der Waals surface area (Å²) < 4.78 is 5.27. The molecule has 2 aromatic rings. The van der Waals surface area contributed by atoms with E-state index >= 15 is 0 Å². The summed E-state index contributed by atoms with van der Waals surface area (Å²) in [6, 6.07) is 20.1. The average molecular weight is 392 g/mol. The fraction of sp³-hybridized carbons (Fsp3) is 0.417. The van der Waals surface area contributed by atoms with Crippen LogP contribution in [-0.4, -0.2) is 47.5 Å². The van der Waals surface area contributed by atoms with Crippen molar-refractivity contribution >= 4 is 12.0 Å². The highest BCUT2D eigenvalue weighted by Crippen LogP contribution is 2.31. The van der Waals surface area contributed by atoms with Crippen molar-refractivity contribution in [3.8, 4) is 0 Å². The number of carbonyl (C=O) groups excluding carboxylic acids is 2. The molecule has 2 fully saturated rings. The molecule has 0 aliphatic carbocycles. The first-order chi connectivity index (χ1) is 14.2. The molecule has 2 saturated heterocycles. The first kappa shape index (κ1) is 19.6. The molecule has 0 saturated carbocycles. The van der Waals surface area contributed by atoms with E-state index in [1.807, 2.05) is 48.5 Å². The van der Waals surface area contributed by atoms with Crippen LogP contribution in [0.25, 0.3) is 0 Å². The lowest BCUT2D eigenvalue weighted by molar-refractivity contribution is -0.134. The fourth-order valence-electron chi connectivity index (χ4n) is 4.57. The van der Waals surface area contributed by atoms with Crippen LogP contribution in [0.3, 0.4) is 0 Å². The van der Waals surface area contributed by atoms with Crippen molar-refractivity contribution < 1.29 is 14.3 Å². The molecule has 2 aromatic carbocycles. The highest BCUT2D eigenvalue weighted by molar-refractivity contribution is 5.95. The van der Waals surface area contributed by atoms with Crippen LogP contribution in [0.15, 0.2) is 60.7 Å². The van der Waals surface area contributed by atoms with Crippen LogP contribution in [-0.2, 0) is 22.5 Å². The third-order valence-corrected chi connectivity index (χ3v) is 6.12. The standard InChI is InChI=1S/C24H28N2O3/c1-2-20-15-25(14-19-11-7-4-8-12-19)16-22(20)23(27)26-21(17-29-24(26)28)13-18-9-5-3-6-10-18/h3-12,20-22H,2,13-17H2,1H3/t20-,21-,22+/m0/s1. The maximum atomic E-state index is 13.4. The molecule has 2 aliphatic heterocycles. The van der Waals surface area contributed by atoms with Gasteiger partial charge in [0.25, 0.3) is 0 Å². The molecule has 2 aliphatic rings. The van der Waals surface area contributed by atoms with E-state index in [9.17, 15) is 9.59 Å². The van der Waals surface area contributed by atoms with Crippen molar-refractivity contribution in [1.82, 2.24) is 9.80 Å². The molecule has 2 heterocycles. The van der Waals surface area contributed by atoms with Crippen LogP contribution in [0.2, 0.25) is 0 Å². The van der Waals surface area contributed by atoms with Crippen molar-refractivity contribution in [2.75, 3.05) is 19.7 Å². The zero-order valence-electron chi connectivity index (χ0n) is 16.9. The number of nitrogens with zero attached hydrogens (tertiary/aromatic N) is 2. The van der Waals surface area contributed by atoms with Gasteiger partial charge in [-0.2, -0.15) is 0 Å². The van der Waals surface area contributed by atoms with Crippen molar-refractivity contribution in [1.29, 1.82) is 0 Å². The maximum absolute atomic E-state index is 13.4. The predicted molar refractivity (Wildman–Crippen MR) is 111 cm³/mol. The van der Waals surface area contributed by atoms with Crippen molar-refractivity contribution in [3.05, 3.63) is 71.8 Å². The number of hydrogen-bond donors (Lipinski definition) is 0. The number of rotatable bonds is 6. The number of carbonyl (C=O) groups is 2.